The van der Waals surface area contributed by atoms with E-state index in [4.69, 9.17) is 4.74 Å². The first-order valence-corrected chi connectivity index (χ1v) is 7.73. The maximum atomic E-state index is 5.32. The monoisotopic (exact) mass is 274 g/mol. The van der Waals surface area contributed by atoms with Crippen LogP contribution in [0.5, 0.6) is 5.75 Å². The van der Waals surface area contributed by atoms with Crippen molar-refractivity contribution in [2.45, 2.75) is 25.8 Å². The van der Waals surface area contributed by atoms with E-state index in [0.717, 1.165) is 12.3 Å². The number of benzene rings is 1. The Morgan fingerprint density at radius 2 is 1.90 bits per heavy atom. The molecule has 20 heavy (non-hydrogen) atoms. The molecule has 0 unspecified atom stereocenters. The summed E-state index contributed by atoms with van der Waals surface area (Å²) >= 11 is 0. The predicted octanol–water partition coefficient (Wildman–Crippen LogP) is 2.61. The number of nitrogens with zero attached hydrogens (tertiary/aromatic N) is 2. The lowest BCUT2D eigenvalue weighted by Gasteiger charge is -2.37. The lowest BCUT2D eigenvalue weighted by molar-refractivity contribution is 0.125. The van der Waals surface area contributed by atoms with Crippen LogP contribution in [0, 0.1) is 5.41 Å². The number of rotatable bonds is 3. The number of hydrogen-bond acceptors (Lipinski definition) is 3. The molecular weight excluding hydrogens is 248 g/mol. The Bertz CT molecular complexity index is 452. The van der Waals surface area contributed by atoms with Crippen LogP contribution in [-0.4, -0.2) is 50.1 Å². The topological polar surface area (TPSA) is 15.7 Å². The Morgan fingerprint density at radius 1 is 1.15 bits per heavy atom. The molecule has 1 aromatic rings. The first kappa shape index (κ1) is 13.9. The third kappa shape index (κ3) is 2.99. The first-order chi connectivity index (χ1) is 9.69. The van der Waals surface area contributed by atoms with Crippen molar-refractivity contribution in [2.24, 2.45) is 5.41 Å². The van der Waals surface area contributed by atoms with Gasteiger partial charge in [0.25, 0.3) is 0 Å². The van der Waals surface area contributed by atoms with Gasteiger partial charge in [-0.2, -0.15) is 0 Å². The number of piperidine rings is 1. The van der Waals surface area contributed by atoms with E-state index in [2.05, 4.69) is 35.0 Å². The highest BCUT2D eigenvalue weighted by Crippen LogP contribution is 2.40. The summed E-state index contributed by atoms with van der Waals surface area (Å²) in [7, 11) is 3.98. The van der Waals surface area contributed by atoms with Gasteiger partial charge >= 0.3 is 0 Å². The molecule has 2 aliphatic rings. The molecular formula is C17H26N2O. The lowest BCUT2D eigenvalue weighted by Crippen LogP contribution is -2.39. The molecule has 0 saturated carbocycles. The predicted molar refractivity (Wildman–Crippen MR) is 82.1 cm³/mol. The van der Waals surface area contributed by atoms with E-state index in [0.29, 0.717) is 5.41 Å². The molecule has 1 aromatic carbocycles. The molecule has 2 heterocycles. The third-order valence-corrected chi connectivity index (χ3v) is 5.11. The minimum absolute atomic E-state index is 0.603. The molecule has 0 amide bonds. The lowest BCUT2D eigenvalue weighted by atomic mass is 9.78. The molecule has 2 saturated heterocycles. The van der Waals surface area contributed by atoms with Crippen molar-refractivity contribution in [2.75, 3.05) is 40.3 Å². The molecule has 110 valence electrons. The molecule has 0 N–H and O–H groups in total. The van der Waals surface area contributed by atoms with Crippen LogP contribution in [0.25, 0.3) is 0 Å². The van der Waals surface area contributed by atoms with Gasteiger partial charge in [-0.15, -0.1) is 0 Å². The summed E-state index contributed by atoms with van der Waals surface area (Å²) in [6.07, 6.45) is 4.13. The van der Waals surface area contributed by atoms with Crippen LogP contribution >= 0.6 is 0 Å². The van der Waals surface area contributed by atoms with Crippen molar-refractivity contribution < 1.29 is 4.74 Å². The average molecular weight is 274 g/mol. The van der Waals surface area contributed by atoms with Gasteiger partial charge in [0.15, 0.2) is 0 Å². The van der Waals surface area contributed by atoms with E-state index < -0.39 is 0 Å². The van der Waals surface area contributed by atoms with Gasteiger partial charge in [0, 0.05) is 13.1 Å². The second-order valence-electron chi connectivity index (χ2n) is 6.62. The summed E-state index contributed by atoms with van der Waals surface area (Å²) in [5, 5.41) is 0. The van der Waals surface area contributed by atoms with Crippen molar-refractivity contribution in [1.82, 2.24) is 9.80 Å². The molecule has 0 radical (unpaired) electrons. The van der Waals surface area contributed by atoms with Gasteiger partial charge in [0.1, 0.15) is 5.75 Å². The minimum Gasteiger partial charge on any atom is -0.497 e. The molecule has 1 spiro atoms. The van der Waals surface area contributed by atoms with Crippen LogP contribution in [-0.2, 0) is 6.54 Å². The Morgan fingerprint density at radius 3 is 2.65 bits per heavy atom. The quantitative estimate of drug-likeness (QED) is 0.842. The summed E-state index contributed by atoms with van der Waals surface area (Å²) in [5.74, 6) is 0.968. The van der Waals surface area contributed by atoms with Gasteiger partial charge in [-0.05, 0) is 69.1 Å². The van der Waals surface area contributed by atoms with Crippen LogP contribution in [0.3, 0.4) is 0 Å². The molecule has 3 nitrogen and oxygen atoms in total. The highest BCUT2D eigenvalue weighted by Gasteiger charge is 2.39. The van der Waals surface area contributed by atoms with E-state index in [1.165, 1.54) is 51.0 Å². The van der Waals surface area contributed by atoms with Crippen LogP contribution in [0.15, 0.2) is 24.3 Å². The average Bonchev–Trinajstić information content (AvgIpc) is 2.86. The van der Waals surface area contributed by atoms with Crippen LogP contribution in [0.1, 0.15) is 24.8 Å². The van der Waals surface area contributed by atoms with Crippen LogP contribution in [0.4, 0.5) is 0 Å². The van der Waals surface area contributed by atoms with Crippen molar-refractivity contribution in [3.05, 3.63) is 29.8 Å². The summed E-state index contributed by atoms with van der Waals surface area (Å²) < 4.78 is 5.32. The zero-order chi connectivity index (χ0) is 14.0. The number of ether oxygens (including phenoxy) is 1. The van der Waals surface area contributed by atoms with Crippen molar-refractivity contribution in [3.63, 3.8) is 0 Å². The molecule has 3 heteroatoms. The Balaban J connectivity index is 1.60. The van der Waals surface area contributed by atoms with Gasteiger partial charge < -0.3 is 9.64 Å². The fraction of sp³-hybridized carbons (Fsp3) is 0.647. The fourth-order valence-corrected chi connectivity index (χ4v) is 3.69. The Kier molecular flexibility index (Phi) is 3.99. The maximum Gasteiger partial charge on any atom is 0.119 e. The summed E-state index contributed by atoms with van der Waals surface area (Å²) in [5.41, 5.74) is 1.97. The molecule has 2 aliphatic heterocycles. The second-order valence-corrected chi connectivity index (χ2v) is 6.62. The number of likely N-dealkylation sites (tertiary alicyclic amines) is 2. The fourth-order valence-electron chi connectivity index (χ4n) is 3.69. The van der Waals surface area contributed by atoms with Crippen LogP contribution in [0.2, 0.25) is 0 Å². The molecule has 3 rings (SSSR count). The van der Waals surface area contributed by atoms with Crippen molar-refractivity contribution in [1.29, 1.82) is 0 Å². The molecule has 0 atom stereocenters. The molecule has 2 fully saturated rings. The van der Waals surface area contributed by atoms with Crippen molar-refractivity contribution in [3.8, 4) is 5.75 Å². The van der Waals surface area contributed by atoms with E-state index in [-0.39, 0.29) is 0 Å². The van der Waals surface area contributed by atoms with Crippen LogP contribution < -0.4 is 4.74 Å². The van der Waals surface area contributed by atoms with Gasteiger partial charge in [-0.1, -0.05) is 12.1 Å². The summed E-state index contributed by atoms with van der Waals surface area (Å²) in [6.45, 7) is 6.13. The van der Waals surface area contributed by atoms with Gasteiger partial charge in [-0.3, -0.25) is 4.90 Å². The SMILES string of the molecule is COc1cccc(CN2CCC3(CCN(C)CC3)C2)c1. The third-order valence-electron chi connectivity index (χ3n) is 5.11. The van der Waals surface area contributed by atoms with Gasteiger partial charge in [0.05, 0.1) is 7.11 Å². The van der Waals surface area contributed by atoms with Gasteiger partial charge in [-0.25, -0.2) is 0 Å². The van der Waals surface area contributed by atoms with E-state index in [1.54, 1.807) is 7.11 Å². The zero-order valence-electron chi connectivity index (χ0n) is 12.8. The first-order valence-electron chi connectivity index (χ1n) is 7.73. The zero-order valence-corrected chi connectivity index (χ0v) is 12.8. The minimum atomic E-state index is 0.603. The van der Waals surface area contributed by atoms with Crippen molar-refractivity contribution >= 4 is 0 Å². The summed E-state index contributed by atoms with van der Waals surface area (Å²) in [6, 6.07) is 8.49. The number of hydrogen-bond donors (Lipinski definition) is 0. The largest absolute Gasteiger partial charge is 0.497 e. The normalized spacial score (nSPS) is 23.3. The standard InChI is InChI=1S/C17H26N2O/c1-18-9-6-17(7-10-18)8-11-19(14-17)13-15-4-3-5-16(12-15)20-2/h3-5,12H,6-11,13-14H2,1-2H3. The second kappa shape index (κ2) is 5.74. The summed E-state index contributed by atoms with van der Waals surface area (Å²) in [4.78, 5) is 5.09. The smallest absolute Gasteiger partial charge is 0.119 e. The van der Waals surface area contributed by atoms with E-state index in [1.807, 2.05) is 6.07 Å². The Hall–Kier alpha value is -1.06. The molecule has 0 bridgehead atoms. The van der Waals surface area contributed by atoms with E-state index >= 15 is 0 Å². The highest BCUT2D eigenvalue weighted by molar-refractivity contribution is 5.28. The maximum absolute atomic E-state index is 5.32. The Labute approximate surface area is 122 Å². The molecule has 0 aliphatic carbocycles. The molecule has 0 aromatic heterocycles. The van der Waals surface area contributed by atoms with Gasteiger partial charge in [0.2, 0.25) is 0 Å². The highest BCUT2D eigenvalue weighted by atomic mass is 16.5. The number of methoxy groups -OCH3 is 1. The van der Waals surface area contributed by atoms with E-state index in [9.17, 15) is 0 Å².